The maximum Gasteiger partial charge on any atom is 0.326 e. The first-order chi connectivity index (χ1) is 14.9. The van der Waals surface area contributed by atoms with E-state index in [0.717, 1.165) is 16.7 Å². The second-order valence-electron chi connectivity index (χ2n) is 6.32. The molecule has 1 heterocycles. The van der Waals surface area contributed by atoms with Crippen molar-refractivity contribution in [1.82, 2.24) is 4.90 Å². The third kappa shape index (κ3) is 5.48. The van der Waals surface area contributed by atoms with E-state index in [-0.39, 0.29) is 23.8 Å². The van der Waals surface area contributed by atoms with Crippen LogP contribution in [0.2, 0.25) is 0 Å². The largest absolute Gasteiger partial charge is 0.489 e. The summed E-state index contributed by atoms with van der Waals surface area (Å²) in [6.07, 6.45) is 1.52. The Kier molecular flexibility index (Phi) is 7.03. The van der Waals surface area contributed by atoms with Gasteiger partial charge < -0.3 is 9.47 Å². The fourth-order valence-electron chi connectivity index (χ4n) is 2.79. The third-order valence-corrected chi connectivity index (χ3v) is 5.11. The minimum absolute atomic E-state index is 0.00331. The zero-order valence-corrected chi connectivity index (χ0v) is 17.3. The van der Waals surface area contributed by atoms with Crippen LogP contribution in [0, 0.1) is 10.1 Å². The van der Waals surface area contributed by atoms with E-state index >= 15 is 0 Å². The number of esters is 1. The molecular weight excluding hydrogens is 424 g/mol. The summed E-state index contributed by atoms with van der Waals surface area (Å²) in [6, 6.07) is 13.0. The topological polar surface area (TPSA) is 116 Å². The Morgan fingerprint density at radius 1 is 1.19 bits per heavy atom. The molecular formula is C21H18N2O7S. The summed E-state index contributed by atoms with van der Waals surface area (Å²) in [7, 11) is 0. The van der Waals surface area contributed by atoms with Crippen LogP contribution in [0.15, 0.2) is 53.4 Å². The zero-order chi connectivity index (χ0) is 22.4. The first-order valence-electron chi connectivity index (χ1n) is 9.25. The Morgan fingerprint density at radius 2 is 1.97 bits per heavy atom. The van der Waals surface area contributed by atoms with E-state index in [0.29, 0.717) is 16.9 Å². The van der Waals surface area contributed by atoms with Gasteiger partial charge in [0.05, 0.1) is 22.0 Å². The fraction of sp³-hybridized carbons (Fsp3) is 0.190. The number of thioether (sulfide) groups is 1. The van der Waals surface area contributed by atoms with E-state index in [4.69, 9.17) is 9.47 Å². The van der Waals surface area contributed by atoms with E-state index in [1.165, 1.54) is 12.1 Å². The van der Waals surface area contributed by atoms with Gasteiger partial charge in [0, 0.05) is 6.07 Å². The molecule has 0 N–H and O–H groups in total. The number of nitro groups is 1. The van der Waals surface area contributed by atoms with Gasteiger partial charge in [0.2, 0.25) is 0 Å². The number of ether oxygens (including phenoxy) is 2. The molecule has 0 radical (unpaired) electrons. The number of carbonyl (C=O) groups is 3. The van der Waals surface area contributed by atoms with Gasteiger partial charge in [-0.2, -0.15) is 0 Å². The molecule has 0 unspecified atom stereocenters. The van der Waals surface area contributed by atoms with Crippen molar-refractivity contribution in [3.8, 4) is 5.75 Å². The summed E-state index contributed by atoms with van der Waals surface area (Å²) in [5, 5.41) is 10.6. The number of nitro benzene ring substituents is 1. The monoisotopic (exact) mass is 442 g/mol. The van der Waals surface area contributed by atoms with Crippen LogP contribution in [0.5, 0.6) is 5.75 Å². The highest BCUT2D eigenvalue weighted by Crippen LogP contribution is 2.32. The average Bonchev–Trinajstić information content (AvgIpc) is 3.00. The van der Waals surface area contributed by atoms with E-state index in [1.54, 1.807) is 49.4 Å². The molecule has 31 heavy (non-hydrogen) atoms. The van der Waals surface area contributed by atoms with E-state index in [2.05, 4.69) is 0 Å². The Balaban J connectivity index is 1.71. The Morgan fingerprint density at radius 3 is 2.71 bits per heavy atom. The summed E-state index contributed by atoms with van der Waals surface area (Å²) < 4.78 is 10.5. The van der Waals surface area contributed by atoms with Crippen molar-refractivity contribution >= 4 is 40.6 Å². The number of imide groups is 1. The van der Waals surface area contributed by atoms with Crippen LogP contribution in [0.1, 0.15) is 18.1 Å². The maximum absolute atomic E-state index is 12.5. The Hall–Kier alpha value is -3.66. The van der Waals surface area contributed by atoms with Crippen LogP contribution in [0.25, 0.3) is 6.08 Å². The normalized spacial score (nSPS) is 14.7. The third-order valence-electron chi connectivity index (χ3n) is 4.20. The van der Waals surface area contributed by atoms with Gasteiger partial charge in [-0.25, -0.2) is 0 Å². The lowest BCUT2D eigenvalue weighted by atomic mass is 10.2. The summed E-state index contributed by atoms with van der Waals surface area (Å²) in [6.45, 7) is 1.35. The van der Waals surface area contributed by atoms with Crippen molar-refractivity contribution in [2.75, 3.05) is 13.2 Å². The minimum Gasteiger partial charge on any atom is -0.489 e. The predicted molar refractivity (Wildman–Crippen MR) is 113 cm³/mol. The average molecular weight is 442 g/mol. The quantitative estimate of drug-likeness (QED) is 0.262. The highest BCUT2D eigenvalue weighted by Gasteiger charge is 2.36. The van der Waals surface area contributed by atoms with Crippen LogP contribution in [-0.4, -0.2) is 40.1 Å². The molecule has 0 aliphatic carbocycles. The van der Waals surface area contributed by atoms with Gasteiger partial charge in [0.25, 0.3) is 16.8 Å². The van der Waals surface area contributed by atoms with Crippen molar-refractivity contribution < 1.29 is 28.8 Å². The van der Waals surface area contributed by atoms with E-state index in [1.807, 2.05) is 0 Å². The van der Waals surface area contributed by atoms with Gasteiger partial charge in [-0.05, 0) is 48.5 Å². The molecule has 0 aromatic heterocycles. The molecule has 10 heteroatoms. The second-order valence-corrected chi connectivity index (χ2v) is 7.31. The van der Waals surface area contributed by atoms with Crippen molar-refractivity contribution in [2.24, 2.45) is 0 Å². The lowest BCUT2D eigenvalue weighted by molar-refractivity contribution is -0.385. The highest BCUT2D eigenvalue weighted by molar-refractivity contribution is 8.18. The number of rotatable bonds is 8. The molecule has 1 fully saturated rings. The Bertz CT molecular complexity index is 1070. The highest BCUT2D eigenvalue weighted by atomic mass is 32.2. The summed E-state index contributed by atoms with van der Waals surface area (Å²) in [4.78, 5) is 47.8. The second kappa shape index (κ2) is 9.90. The molecule has 9 nitrogen and oxygen atoms in total. The maximum atomic E-state index is 12.5. The van der Waals surface area contributed by atoms with Crippen LogP contribution in [0.4, 0.5) is 10.5 Å². The van der Waals surface area contributed by atoms with Gasteiger partial charge >= 0.3 is 5.97 Å². The van der Waals surface area contributed by atoms with E-state index < -0.39 is 28.6 Å². The molecule has 2 aromatic carbocycles. The lowest BCUT2D eigenvalue weighted by Crippen LogP contribution is -2.34. The molecule has 0 spiro atoms. The molecule has 1 saturated heterocycles. The zero-order valence-electron chi connectivity index (χ0n) is 16.5. The molecule has 1 aliphatic heterocycles. The smallest absolute Gasteiger partial charge is 0.326 e. The van der Waals surface area contributed by atoms with Crippen molar-refractivity contribution in [3.63, 3.8) is 0 Å². The fourth-order valence-corrected chi connectivity index (χ4v) is 3.63. The summed E-state index contributed by atoms with van der Waals surface area (Å²) in [5.41, 5.74) is 0.994. The van der Waals surface area contributed by atoms with Crippen LogP contribution in [0.3, 0.4) is 0 Å². The molecule has 2 aromatic rings. The molecule has 0 atom stereocenters. The van der Waals surface area contributed by atoms with Crippen LogP contribution < -0.4 is 4.74 Å². The number of amides is 2. The van der Waals surface area contributed by atoms with Crippen molar-refractivity contribution in [3.05, 3.63) is 74.7 Å². The van der Waals surface area contributed by atoms with Crippen molar-refractivity contribution in [2.45, 2.75) is 13.5 Å². The minimum atomic E-state index is -0.656. The van der Waals surface area contributed by atoms with Gasteiger partial charge in [-0.3, -0.25) is 29.4 Å². The van der Waals surface area contributed by atoms with Gasteiger partial charge in [0.15, 0.2) is 0 Å². The summed E-state index contributed by atoms with van der Waals surface area (Å²) >= 11 is 0.733. The van der Waals surface area contributed by atoms with Crippen molar-refractivity contribution in [1.29, 1.82) is 0 Å². The van der Waals surface area contributed by atoms with Crippen LogP contribution in [-0.2, 0) is 20.9 Å². The standard InChI is InChI=1S/C21H18N2O7S/c1-2-29-19(24)12-22-20(25)18(31-21(22)26)11-14-6-5-8-16(10-14)30-13-15-7-3-4-9-17(15)23(27)28/h3-11H,2,12-13H2,1H3/b18-11-. The molecule has 0 saturated carbocycles. The van der Waals surface area contributed by atoms with Gasteiger partial charge in [-0.15, -0.1) is 0 Å². The summed E-state index contributed by atoms with van der Waals surface area (Å²) in [5.74, 6) is -0.789. The number of hydrogen-bond acceptors (Lipinski definition) is 8. The van der Waals surface area contributed by atoms with Gasteiger partial charge in [-0.1, -0.05) is 24.3 Å². The Labute approximate surface area is 181 Å². The SMILES string of the molecule is CCOC(=O)CN1C(=O)S/C(=C\c2cccc(OCc3ccccc3[N+](=O)[O-])c2)C1=O. The predicted octanol–water partition coefficient (Wildman–Crippen LogP) is 3.77. The van der Waals surface area contributed by atoms with Gasteiger partial charge in [0.1, 0.15) is 18.9 Å². The molecule has 3 rings (SSSR count). The molecule has 2 amide bonds. The number of hydrogen-bond donors (Lipinski definition) is 0. The molecule has 0 bridgehead atoms. The first-order valence-corrected chi connectivity index (χ1v) is 10.1. The van der Waals surface area contributed by atoms with E-state index in [9.17, 15) is 24.5 Å². The first kappa shape index (κ1) is 22.0. The number of para-hydroxylation sites is 1. The lowest BCUT2D eigenvalue weighted by Gasteiger charge is -2.10. The number of benzene rings is 2. The number of nitrogens with zero attached hydrogens (tertiary/aromatic N) is 2. The number of carbonyl (C=O) groups excluding carboxylic acids is 3. The van der Waals surface area contributed by atoms with Crippen LogP contribution >= 0.6 is 11.8 Å². The molecule has 160 valence electrons. The molecule has 1 aliphatic rings.